The summed E-state index contributed by atoms with van der Waals surface area (Å²) < 4.78 is 10.5. The topological polar surface area (TPSA) is 18.5 Å². The van der Waals surface area contributed by atoms with Crippen molar-refractivity contribution in [2.45, 2.75) is 24.9 Å². The van der Waals surface area contributed by atoms with Crippen LogP contribution in [0, 0.1) is 0 Å². The molecule has 1 aliphatic heterocycles. The predicted octanol–water partition coefficient (Wildman–Crippen LogP) is 0.863. The molecule has 0 bridgehead atoms. The molecular formula is C8H13BO2. The lowest BCUT2D eigenvalue weighted by molar-refractivity contribution is 0.0152. The highest BCUT2D eigenvalue weighted by Crippen LogP contribution is 2.17. The van der Waals surface area contributed by atoms with Crippen molar-refractivity contribution >= 4 is 7.85 Å². The number of ether oxygens (including phenoxy) is 2. The standard InChI is InChI=1S/C8H13BO2/c1-2-5-10-6-7-3-4-8(9)11-7/h2,7-8H,1,3-6H2. The Bertz CT molecular complexity index is 127. The number of hydrogen-bond acceptors (Lipinski definition) is 2. The third-order valence-electron chi connectivity index (χ3n) is 1.68. The van der Waals surface area contributed by atoms with Crippen molar-refractivity contribution in [2.24, 2.45) is 0 Å². The Morgan fingerprint density at radius 1 is 1.64 bits per heavy atom. The van der Waals surface area contributed by atoms with Crippen LogP contribution in [-0.2, 0) is 9.47 Å². The molecule has 0 N–H and O–H groups in total. The molecule has 0 aromatic heterocycles. The lowest BCUT2D eigenvalue weighted by Gasteiger charge is -2.10. The highest BCUT2D eigenvalue weighted by atomic mass is 16.5. The van der Waals surface area contributed by atoms with Crippen molar-refractivity contribution in [3.63, 3.8) is 0 Å². The summed E-state index contributed by atoms with van der Waals surface area (Å²) in [5, 5.41) is 0. The van der Waals surface area contributed by atoms with Gasteiger partial charge in [0.2, 0.25) is 0 Å². The minimum Gasteiger partial charge on any atom is -0.382 e. The van der Waals surface area contributed by atoms with Crippen molar-refractivity contribution < 1.29 is 9.47 Å². The average molecular weight is 152 g/mol. The monoisotopic (exact) mass is 152 g/mol. The van der Waals surface area contributed by atoms with Gasteiger partial charge >= 0.3 is 0 Å². The van der Waals surface area contributed by atoms with E-state index >= 15 is 0 Å². The van der Waals surface area contributed by atoms with E-state index in [4.69, 9.17) is 17.3 Å². The van der Waals surface area contributed by atoms with Crippen molar-refractivity contribution in [3.05, 3.63) is 12.7 Å². The van der Waals surface area contributed by atoms with Gasteiger partial charge in [0.05, 0.1) is 19.3 Å². The van der Waals surface area contributed by atoms with Gasteiger partial charge in [-0.05, 0) is 12.8 Å². The van der Waals surface area contributed by atoms with Crippen LogP contribution in [0.25, 0.3) is 0 Å². The SMILES string of the molecule is [B]C1CCC(COCC=C)O1. The van der Waals surface area contributed by atoms with Crippen LogP contribution in [0.1, 0.15) is 12.8 Å². The molecule has 1 fully saturated rings. The van der Waals surface area contributed by atoms with Gasteiger partial charge < -0.3 is 9.47 Å². The van der Waals surface area contributed by atoms with Gasteiger partial charge in [-0.2, -0.15) is 0 Å². The summed E-state index contributed by atoms with van der Waals surface area (Å²) in [5.41, 5.74) is 0. The maximum atomic E-state index is 5.53. The van der Waals surface area contributed by atoms with Crippen molar-refractivity contribution in [1.29, 1.82) is 0 Å². The Kier molecular flexibility index (Phi) is 3.67. The van der Waals surface area contributed by atoms with E-state index in [1.807, 2.05) is 0 Å². The molecular weight excluding hydrogens is 139 g/mol. The maximum absolute atomic E-state index is 5.53. The van der Waals surface area contributed by atoms with Gasteiger partial charge in [-0.25, -0.2) is 0 Å². The molecule has 1 saturated heterocycles. The van der Waals surface area contributed by atoms with Gasteiger partial charge in [0.15, 0.2) is 0 Å². The van der Waals surface area contributed by atoms with E-state index in [9.17, 15) is 0 Å². The van der Waals surface area contributed by atoms with Gasteiger partial charge in [-0.1, -0.05) is 6.08 Å². The summed E-state index contributed by atoms with van der Waals surface area (Å²) in [6, 6.07) is -0.0765. The van der Waals surface area contributed by atoms with E-state index in [-0.39, 0.29) is 12.1 Å². The Balaban J connectivity index is 2.03. The van der Waals surface area contributed by atoms with E-state index in [1.54, 1.807) is 6.08 Å². The molecule has 0 aliphatic carbocycles. The lowest BCUT2D eigenvalue weighted by Crippen LogP contribution is -2.16. The van der Waals surface area contributed by atoms with E-state index in [2.05, 4.69) is 6.58 Å². The first kappa shape index (κ1) is 8.82. The normalized spacial score (nSPS) is 30.5. The molecule has 60 valence electrons. The van der Waals surface area contributed by atoms with Gasteiger partial charge in [-0.15, -0.1) is 6.58 Å². The van der Waals surface area contributed by atoms with Crippen molar-refractivity contribution in [2.75, 3.05) is 13.2 Å². The Hall–Kier alpha value is -0.275. The zero-order valence-electron chi connectivity index (χ0n) is 6.66. The molecule has 0 aromatic carbocycles. The zero-order chi connectivity index (χ0) is 8.10. The lowest BCUT2D eigenvalue weighted by atomic mass is 9.97. The minimum atomic E-state index is -0.0765. The molecule has 1 heterocycles. The third-order valence-corrected chi connectivity index (χ3v) is 1.68. The summed E-state index contributed by atoms with van der Waals surface area (Å²) in [6.45, 7) is 4.78. The Labute approximate surface area is 69.0 Å². The maximum Gasteiger partial charge on any atom is 0.109 e. The summed E-state index contributed by atoms with van der Waals surface area (Å²) in [7, 11) is 5.53. The average Bonchev–Trinajstić information content (AvgIpc) is 2.37. The predicted molar refractivity (Wildman–Crippen MR) is 44.7 cm³/mol. The molecule has 2 unspecified atom stereocenters. The first-order valence-electron chi connectivity index (χ1n) is 3.92. The van der Waals surface area contributed by atoms with Crippen LogP contribution in [0.2, 0.25) is 0 Å². The first-order valence-corrected chi connectivity index (χ1v) is 3.92. The molecule has 1 rings (SSSR count). The van der Waals surface area contributed by atoms with Crippen LogP contribution in [-0.4, -0.2) is 33.2 Å². The van der Waals surface area contributed by atoms with Crippen LogP contribution < -0.4 is 0 Å². The van der Waals surface area contributed by atoms with Gasteiger partial charge in [-0.3, -0.25) is 0 Å². The third kappa shape index (κ3) is 3.08. The van der Waals surface area contributed by atoms with Crippen LogP contribution in [0.5, 0.6) is 0 Å². The molecule has 0 aromatic rings. The van der Waals surface area contributed by atoms with Crippen molar-refractivity contribution in [3.8, 4) is 0 Å². The molecule has 0 amide bonds. The highest BCUT2D eigenvalue weighted by molar-refractivity contribution is 6.11. The van der Waals surface area contributed by atoms with Crippen molar-refractivity contribution in [1.82, 2.24) is 0 Å². The molecule has 0 spiro atoms. The first-order chi connectivity index (χ1) is 5.33. The molecule has 2 atom stereocenters. The molecule has 11 heavy (non-hydrogen) atoms. The fourth-order valence-corrected chi connectivity index (χ4v) is 1.14. The van der Waals surface area contributed by atoms with E-state index in [0.29, 0.717) is 13.2 Å². The zero-order valence-corrected chi connectivity index (χ0v) is 6.66. The number of rotatable bonds is 4. The fourth-order valence-electron chi connectivity index (χ4n) is 1.14. The quantitative estimate of drug-likeness (QED) is 0.338. The summed E-state index contributed by atoms with van der Waals surface area (Å²) >= 11 is 0. The number of hydrogen-bond donors (Lipinski definition) is 0. The minimum absolute atomic E-state index is 0.0765. The summed E-state index contributed by atoms with van der Waals surface area (Å²) in [5.74, 6) is 0. The fraction of sp³-hybridized carbons (Fsp3) is 0.750. The van der Waals surface area contributed by atoms with Crippen LogP contribution in [0.15, 0.2) is 12.7 Å². The van der Waals surface area contributed by atoms with E-state index in [0.717, 1.165) is 12.8 Å². The van der Waals surface area contributed by atoms with Gasteiger partial charge in [0.1, 0.15) is 7.85 Å². The summed E-state index contributed by atoms with van der Waals surface area (Å²) in [4.78, 5) is 0. The molecule has 2 nitrogen and oxygen atoms in total. The molecule has 0 saturated carbocycles. The highest BCUT2D eigenvalue weighted by Gasteiger charge is 2.20. The van der Waals surface area contributed by atoms with Crippen LogP contribution >= 0.6 is 0 Å². The van der Waals surface area contributed by atoms with Crippen LogP contribution in [0.4, 0.5) is 0 Å². The molecule has 1 aliphatic rings. The van der Waals surface area contributed by atoms with E-state index in [1.165, 1.54) is 0 Å². The second-order valence-corrected chi connectivity index (χ2v) is 2.70. The second-order valence-electron chi connectivity index (χ2n) is 2.70. The van der Waals surface area contributed by atoms with Gasteiger partial charge in [0, 0.05) is 6.00 Å². The van der Waals surface area contributed by atoms with Gasteiger partial charge in [0.25, 0.3) is 0 Å². The smallest absolute Gasteiger partial charge is 0.109 e. The second kappa shape index (κ2) is 4.57. The molecule has 3 heteroatoms. The largest absolute Gasteiger partial charge is 0.382 e. The Morgan fingerprint density at radius 3 is 3.00 bits per heavy atom. The summed E-state index contributed by atoms with van der Waals surface area (Å²) in [6.07, 6.45) is 3.89. The van der Waals surface area contributed by atoms with E-state index < -0.39 is 0 Å². The molecule has 2 radical (unpaired) electrons. The Morgan fingerprint density at radius 2 is 2.45 bits per heavy atom. The van der Waals surface area contributed by atoms with Crippen LogP contribution in [0.3, 0.4) is 0 Å².